The number of esters is 2. The fraction of sp³-hybridized carbons (Fsp3) is 0.333. The number of hydrogen-bond acceptors (Lipinski definition) is 6. The van der Waals surface area contributed by atoms with Crippen LogP contribution in [0.25, 0.3) is 33.0 Å². The largest absolute Gasteiger partial charge is 0.494 e. The lowest BCUT2D eigenvalue weighted by Gasteiger charge is -2.32. The average Bonchev–Trinajstić information content (AvgIpc) is 3.19. The van der Waals surface area contributed by atoms with Crippen molar-refractivity contribution in [1.82, 2.24) is 0 Å². The zero-order chi connectivity index (χ0) is 32.0. The smallest absolute Gasteiger partial charge is 0.462 e. The Hall–Kier alpha value is -3.87. The van der Waals surface area contributed by atoms with Crippen molar-refractivity contribution in [1.29, 1.82) is 0 Å². The Morgan fingerprint density at radius 3 is 1.64 bits per heavy atom. The normalized spacial score (nSPS) is 15.4. The van der Waals surface area contributed by atoms with Gasteiger partial charge >= 0.3 is 19.1 Å². The van der Waals surface area contributed by atoms with Gasteiger partial charge in [-0.1, -0.05) is 54.0 Å². The highest BCUT2D eigenvalue weighted by molar-refractivity contribution is 6.62. The molecule has 0 amide bonds. The van der Waals surface area contributed by atoms with Gasteiger partial charge in [-0.2, -0.15) is 0 Å². The van der Waals surface area contributed by atoms with Crippen LogP contribution in [0.4, 0.5) is 0 Å². The second-order valence-corrected chi connectivity index (χ2v) is 12.3. The maximum atomic E-state index is 12.9. The molecular weight excluding hydrogens is 550 g/mol. The summed E-state index contributed by atoms with van der Waals surface area (Å²) in [7, 11) is 5.91. The van der Waals surface area contributed by atoms with E-state index in [9.17, 15) is 9.59 Å². The molecule has 1 aliphatic rings. The highest BCUT2D eigenvalue weighted by Gasteiger charge is 2.51. The van der Waals surface area contributed by atoms with Gasteiger partial charge in [0.05, 0.1) is 35.5 Å². The van der Waals surface area contributed by atoms with Crippen molar-refractivity contribution < 1.29 is 28.4 Å². The quantitative estimate of drug-likeness (QED) is 0.188. The molecule has 1 fully saturated rings. The topological polar surface area (TPSA) is 71.1 Å². The molecule has 1 saturated heterocycles. The summed E-state index contributed by atoms with van der Waals surface area (Å²) in [5, 5.41) is 1.79. The van der Waals surface area contributed by atoms with E-state index >= 15 is 0 Å². The molecule has 224 valence electrons. The van der Waals surface area contributed by atoms with E-state index in [-0.39, 0.29) is 25.2 Å². The summed E-state index contributed by atoms with van der Waals surface area (Å²) in [5.74, 6) is -0.741. The van der Waals surface area contributed by atoms with Crippen LogP contribution in [0.3, 0.4) is 0 Å². The van der Waals surface area contributed by atoms with Gasteiger partial charge in [0.15, 0.2) is 0 Å². The third kappa shape index (κ3) is 5.81. The number of carbonyl (C=O) groups excluding carboxylic acids is 2. The van der Waals surface area contributed by atoms with Gasteiger partial charge in [0.25, 0.3) is 0 Å². The molecule has 1 aliphatic heterocycles. The van der Waals surface area contributed by atoms with Gasteiger partial charge in [0.1, 0.15) is 7.85 Å². The van der Waals surface area contributed by atoms with Crippen LogP contribution in [-0.2, 0) is 18.8 Å². The fourth-order valence-electron chi connectivity index (χ4n) is 5.54. The van der Waals surface area contributed by atoms with E-state index in [1.165, 1.54) is 0 Å². The first-order valence-electron chi connectivity index (χ1n) is 15.1. The zero-order valence-corrected chi connectivity index (χ0v) is 26.8. The van der Waals surface area contributed by atoms with Crippen LogP contribution in [0.1, 0.15) is 73.4 Å². The molecule has 0 bridgehead atoms. The van der Waals surface area contributed by atoms with Crippen LogP contribution >= 0.6 is 0 Å². The van der Waals surface area contributed by atoms with Crippen molar-refractivity contribution in [3.05, 3.63) is 82.9 Å². The SMILES string of the molecule is [B]c1cc(-c2ccc(C)c(C(=O)OCC)c2)c2cc(B3OC(C)(C)C(C)(C)O3)cc(-c3ccc(C)c(C(=O)OCC)c3)c2c1. The molecule has 8 heteroatoms. The molecule has 0 aliphatic carbocycles. The van der Waals surface area contributed by atoms with Crippen LogP contribution in [0.15, 0.2) is 60.7 Å². The van der Waals surface area contributed by atoms with Crippen molar-refractivity contribution in [3.8, 4) is 22.3 Å². The van der Waals surface area contributed by atoms with E-state index in [4.69, 9.17) is 26.6 Å². The highest BCUT2D eigenvalue weighted by atomic mass is 16.7. The Kier molecular flexibility index (Phi) is 8.54. The van der Waals surface area contributed by atoms with Gasteiger partial charge in [-0.25, -0.2) is 9.59 Å². The molecule has 5 rings (SSSR count). The Morgan fingerprint density at radius 2 is 1.16 bits per heavy atom. The summed E-state index contributed by atoms with van der Waals surface area (Å²) in [6.07, 6.45) is 0. The number of fused-ring (bicyclic) bond motifs is 1. The molecule has 4 aromatic rings. The summed E-state index contributed by atoms with van der Waals surface area (Å²) in [6.45, 7) is 16.0. The maximum absolute atomic E-state index is 12.9. The fourth-order valence-corrected chi connectivity index (χ4v) is 5.54. The van der Waals surface area contributed by atoms with Crippen molar-refractivity contribution in [3.63, 3.8) is 0 Å². The molecule has 6 nitrogen and oxygen atoms in total. The molecule has 44 heavy (non-hydrogen) atoms. The Morgan fingerprint density at radius 1 is 0.705 bits per heavy atom. The number of rotatable bonds is 7. The van der Waals surface area contributed by atoms with Crippen LogP contribution in [0, 0.1) is 13.8 Å². The van der Waals surface area contributed by atoms with Gasteiger partial charge in [0, 0.05) is 0 Å². The second kappa shape index (κ2) is 11.9. The van der Waals surface area contributed by atoms with Crippen LogP contribution in [0.5, 0.6) is 0 Å². The predicted octanol–water partition coefficient (Wildman–Crippen LogP) is 6.24. The number of carbonyl (C=O) groups is 2. The Bertz CT molecular complexity index is 1760. The summed E-state index contributed by atoms with van der Waals surface area (Å²) in [4.78, 5) is 25.7. The monoisotopic (exact) mass is 588 g/mol. The average molecular weight is 588 g/mol. The van der Waals surface area contributed by atoms with E-state index < -0.39 is 18.3 Å². The zero-order valence-electron chi connectivity index (χ0n) is 26.8. The summed E-state index contributed by atoms with van der Waals surface area (Å²) >= 11 is 0. The van der Waals surface area contributed by atoms with E-state index in [2.05, 4.69) is 6.07 Å². The third-order valence-electron chi connectivity index (χ3n) is 8.73. The summed E-state index contributed by atoms with van der Waals surface area (Å²) < 4.78 is 23.7. The van der Waals surface area contributed by atoms with E-state index in [0.717, 1.165) is 49.6 Å². The number of aryl methyl sites for hydroxylation is 2. The minimum absolute atomic E-state index is 0.285. The van der Waals surface area contributed by atoms with E-state index in [1.54, 1.807) is 13.8 Å². The molecule has 0 N–H and O–H groups in total. The third-order valence-corrected chi connectivity index (χ3v) is 8.73. The minimum atomic E-state index is -0.628. The molecule has 0 spiro atoms. The molecule has 0 atom stereocenters. The number of benzene rings is 4. The first-order valence-corrected chi connectivity index (χ1v) is 15.1. The molecule has 0 saturated carbocycles. The summed E-state index contributed by atoms with van der Waals surface area (Å²) in [5.41, 5.74) is 6.33. The molecule has 0 aromatic heterocycles. The molecule has 4 aromatic carbocycles. The highest BCUT2D eigenvalue weighted by Crippen LogP contribution is 2.39. The van der Waals surface area contributed by atoms with Gasteiger partial charge < -0.3 is 18.8 Å². The van der Waals surface area contributed by atoms with E-state index in [1.807, 2.05) is 96.1 Å². The molecule has 0 unspecified atom stereocenters. The van der Waals surface area contributed by atoms with Crippen molar-refractivity contribution >= 4 is 48.6 Å². The van der Waals surface area contributed by atoms with Crippen LogP contribution in [0.2, 0.25) is 0 Å². The van der Waals surface area contributed by atoms with Gasteiger partial charge in [-0.05, 0) is 117 Å². The molecule has 1 heterocycles. The van der Waals surface area contributed by atoms with Crippen molar-refractivity contribution in [2.75, 3.05) is 13.2 Å². The first-order chi connectivity index (χ1) is 20.8. The lowest BCUT2D eigenvalue weighted by molar-refractivity contribution is 0.00578. The Labute approximate surface area is 261 Å². The van der Waals surface area contributed by atoms with E-state index in [0.29, 0.717) is 16.6 Å². The van der Waals surface area contributed by atoms with Crippen LogP contribution in [-0.4, -0.2) is 51.3 Å². The van der Waals surface area contributed by atoms with Gasteiger partial charge in [-0.3, -0.25) is 0 Å². The standard InChI is InChI=1S/C36H38B2O6/c1-9-41-33(39)27-15-23(13-11-21(27)3)29-17-25(37)18-31-30(24-14-12-22(4)28(16-24)34(40)42-10-2)19-26(20-32(29)31)38-43-35(5,6)36(7,8)44-38/h11-20H,9-10H2,1-8H3. The van der Waals surface area contributed by atoms with Crippen LogP contribution < -0.4 is 10.9 Å². The van der Waals surface area contributed by atoms with Gasteiger partial charge in [0.2, 0.25) is 0 Å². The lowest BCUT2D eigenvalue weighted by atomic mass is 9.74. The lowest BCUT2D eigenvalue weighted by Crippen LogP contribution is -2.41. The maximum Gasteiger partial charge on any atom is 0.494 e. The number of ether oxygens (including phenoxy) is 2. The van der Waals surface area contributed by atoms with Crippen molar-refractivity contribution in [2.24, 2.45) is 0 Å². The number of hydrogen-bond donors (Lipinski definition) is 0. The molecular formula is C36H38B2O6. The predicted molar refractivity (Wildman–Crippen MR) is 177 cm³/mol. The van der Waals surface area contributed by atoms with Crippen molar-refractivity contribution in [2.45, 2.75) is 66.6 Å². The first kappa shape index (κ1) is 31.6. The summed E-state index contributed by atoms with van der Waals surface area (Å²) in [6, 6.07) is 19.5. The molecule has 2 radical (unpaired) electrons. The second-order valence-electron chi connectivity index (χ2n) is 12.3. The minimum Gasteiger partial charge on any atom is -0.462 e. The Balaban J connectivity index is 1.80. The van der Waals surface area contributed by atoms with Gasteiger partial charge in [-0.15, -0.1) is 0 Å².